The molecule has 5 heteroatoms. The van der Waals surface area contributed by atoms with Crippen LogP contribution < -0.4 is 41.5 Å². The molecule has 0 fully saturated rings. The van der Waals surface area contributed by atoms with Crippen LogP contribution in [0.5, 0.6) is 0 Å². The van der Waals surface area contributed by atoms with Gasteiger partial charge in [-0.15, -0.1) is 0 Å². The Balaban J connectivity index is 1.50. The second-order valence-electron chi connectivity index (χ2n) is 13.2. The number of para-hydroxylation sites is 1. The lowest BCUT2D eigenvalue weighted by Crippen LogP contribution is -2.85. The summed E-state index contributed by atoms with van der Waals surface area (Å²) in [6.45, 7) is 0. The highest BCUT2D eigenvalue weighted by Gasteiger charge is 2.58. The van der Waals surface area contributed by atoms with Gasteiger partial charge in [-0.2, -0.15) is 0 Å². The third-order valence-electron chi connectivity index (χ3n) is 10.7. The zero-order chi connectivity index (χ0) is 33.8. The van der Waals surface area contributed by atoms with E-state index in [9.17, 15) is 0 Å². The zero-order valence-corrected chi connectivity index (χ0v) is 31.4. The summed E-state index contributed by atoms with van der Waals surface area (Å²) in [6.07, 6.45) is 0. The fraction of sp³-hybridized carbons (Fsp3) is 0. The van der Waals surface area contributed by atoms with E-state index in [2.05, 4.69) is 205 Å². The first-order valence-corrected chi connectivity index (χ1v) is 23.1. The summed E-state index contributed by atoms with van der Waals surface area (Å²) >= 11 is 3.93. The molecule has 2 aliphatic heterocycles. The molecule has 0 bridgehead atoms. The summed E-state index contributed by atoms with van der Waals surface area (Å²) in [7, 11) is -5.93. The predicted octanol–water partition coefficient (Wildman–Crippen LogP) is 6.16. The molecule has 8 aromatic rings. The number of fused-ring (bicyclic) bond motifs is 5. The molecule has 1 aromatic heterocycles. The lowest BCUT2D eigenvalue weighted by molar-refractivity contribution is 0.870. The van der Waals surface area contributed by atoms with Gasteiger partial charge in [0.25, 0.3) is 0 Å². The molecular weight excluding hydrogens is 687 g/mol. The molecule has 0 N–H and O–H groups in total. The Morgan fingerprint density at radius 1 is 0.314 bits per heavy atom. The van der Waals surface area contributed by atoms with Crippen molar-refractivity contribution in [2.45, 2.75) is 19.8 Å². The van der Waals surface area contributed by atoms with Gasteiger partial charge < -0.3 is 0 Å². The Kier molecular flexibility index (Phi) is 7.43. The first kappa shape index (κ1) is 30.8. The van der Waals surface area contributed by atoms with E-state index in [1.54, 1.807) is 10.4 Å². The fourth-order valence-corrected chi connectivity index (χ4v) is 24.4. The Labute approximate surface area is 309 Å². The van der Waals surface area contributed by atoms with Gasteiger partial charge in [-0.25, -0.2) is 0 Å². The average Bonchev–Trinajstić information content (AvgIpc) is 3.54. The topological polar surface area (TPSA) is 4.93 Å². The van der Waals surface area contributed by atoms with Crippen LogP contribution in [0.2, 0.25) is 0 Å². The molecule has 0 saturated heterocycles. The highest BCUT2D eigenvalue weighted by atomic mass is 32.2. The second-order valence-corrected chi connectivity index (χ2v) is 22.6. The molecule has 0 radical (unpaired) electrons. The monoisotopic (exact) mass is 719 g/mol. The van der Waals surface area contributed by atoms with Crippen LogP contribution in [0, 0.1) is 0 Å². The van der Waals surface area contributed by atoms with Crippen molar-refractivity contribution in [3.8, 4) is 5.69 Å². The Morgan fingerprint density at radius 2 is 0.608 bits per heavy atom. The van der Waals surface area contributed by atoms with Gasteiger partial charge in [0.1, 0.15) is 0 Å². The summed E-state index contributed by atoms with van der Waals surface area (Å²) < 4.78 is 2.65. The van der Waals surface area contributed by atoms with E-state index in [1.807, 2.05) is 23.5 Å². The fourth-order valence-electron chi connectivity index (χ4n) is 8.72. The minimum atomic E-state index is -2.96. The van der Waals surface area contributed by atoms with Crippen LogP contribution >= 0.6 is 23.5 Å². The van der Waals surface area contributed by atoms with Gasteiger partial charge in [0.2, 0.25) is 0 Å². The minimum absolute atomic E-state index is 1.21. The third kappa shape index (κ3) is 4.42. The van der Waals surface area contributed by atoms with E-state index >= 15 is 0 Å². The van der Waals surface area contributed by atoms with Crippen molar-refractivity contribution >= 4 is 81.2 Å². The molecule has 7 aromatic carbocycles. The van der Waals surface area contributed by atoms with Crippen molar-refractivity contribution in [1.29, 1.82) is 0 Å². The van der Waals surface area contributed by atoms with Crippen molar-refractivity contribution < 1.29 is 0 Å². The van der Waals surface area contributed by atoms with Crippen molar-refractivity contribution in [3.05, 3.63) is 200 Å². The Hall–Kier alpha value is -5.05. The van der Waals surface area contributed by atoms with Crippen LogP contribution in [-0.4, -0.2) is 20.7 Å². The molecule has 10 rings (SSSR count). The summed E-state index contributed by atoms with van der Waals surface area (Å²) in [5.41, 5.74) is 1.21. The van der Waals surface area contributed by atoms with Gasteiger partial charge in [-0.05, 0) is 65.8 Å². The van der Waals surface area contributed by atoms with E-state index in [-0.39, 0.29) is 0 Å². The lowest BCUT2D eigenvalue weighted by Gasteiger charge is -2.44. The van der Waals surface area contributed by atoms with Gasteiger partial charge in [-0.3, -0.25) is 4.57 Å². The maximum atomic E-state index is 2.65. The molecule has 3 heterocycles. The first-order valence-electron chi connectivity index (χ1n) is 17.4. The lowest BCUT2D eigenvalue weighted by atomic mass is 10.3. The standard InChI is InChI=1S/C46H33NS2Si2/c1-6-20-34(21-7-1)47-45-43(50(35-22-8-2-9-23-35,36-24-10-3-11-25-36)41-32-18-16-30-39(41)48-45)44-46(47)49-40-31-17-19-33-42(40)51(44,37-26-12-4-13-27-37)38-28-14-5-15-29-38/h1-33H. The van der Waals surface area contributed by atoms with E-state index in [0.717, 1.165) is 0 Å². The normalized spacial score (nSPS) is 14.8. The molecule has 242 valence electrons. The van der Waals surface area contributed by atoms with Crippen LogP contribution in [-0.2, 0) is 0 Å². The molecule has 1 nitrogen and oxygen atoms in total. The van der Waals surface area contributed by atoms with Gasteiger partial charge in [-0.1, -0.05) is 199 Å². The summed E-state index contributed by atoms with van der Waals surface area (Å²) in [4.78, 5) is 2.70. The Morgan fingerprint density at radius 3 is 0.961 bits per heavy atom. The van der Waals surface area contributed by atoms with Crippen molar-refractivity contribution in [1.82, 2.24) is 4.57 Å². The molecule has 0 unspecified atom stereocenters. The molecule has 0 amide bonds. The average molecular weight is 720 g/mol. The van der Waals surface area contributed by atoms with E-state index in [4.69, 9.17) is 0 Å². The molecule has 0 spiro atoms. The smallest absolute Gasteiger partial charge is 0.183 e. The zero-order valence-electron chi connectivity index (χ0n) is 27.8. The number of rotatable bonds is 5. The van der Waals surface area contributed by atoms with Crippen LogP contribution in [0.1, 0.15) is 0 Å². The molecular formula is C46H33NS2Si2. The SMILES string of the molecule is c1ccc(-n2c3c(c4c2Sc2ccccc2[Si]4(c2ccccc2)c2ccccc2)[Si](c2ccccc2)(c2ccccc2)c2ccccc2S3)cc1. The quantitative estimate of drug-likeness (QED) is 0.197. The predicted molar refractivity (Wildman–Crippen MR) is 221 cm³/mol. The number of hydrogen-bond acceptors (Lipinski definition) is 2. The molecule has 51 heavy (non-hydrogen) atoms. The van der Waals surface area contributed by atoms with Crippen molar-refractivity contribution in [3.63, 3.8) is 0 Å². The summed E-state index contributed by atoms with van der Waals surface area (Å²) in [5, 5.41) is 14.4. The molecule has 2 aliphatic rings. The third-order valence-corrected chi connectivity index (χ3v) is 23.7. The van der Waals surface area contributed by atoms with Crippen molar-refractivity contribution in [2.24, 2.45) is 0 Å². The van der Waals surface area contributed by atoms with E-state index < -0.39 is 16.1 Å². The van der Waals surface area contributed by atoms with Gasteiger partial charge >= 0.3 is 0 Å². The van der Waals surface area contributed by atoms with Crippen LogP contribution in [0.3, 0.4) is 0 Å². The molecule has 0 saturated carbocycles. The number of aromatic nitrogens is 1. The largest absolute Gasteiger partial charge is 0.299 e. The Bertz CT molecular complexity index is 2280. The number of nitrogens with zero attached hydrogens (tertiary/aromatic N) is 1. The first-order chi connectivity index (χ1) is 25.3. The molecule has 0 aliphatic carbocycles. The summed E-state index contributed by atoms with van der Waals surface area (Å²) in [5.74, 6) is 0. The number of hydrogen-bond donors (Lipinski definition) is 0. The van der Waals surface area contributed by atoms with Crippen LogP contribution in [0.4, 0.5) is 0 Å². The maximum absolute atomic E-state index is 2.96. The van der Waals surface area contributed by atoms with E-state index in [1.165, 1.54) is 56.7 Å². The maximum Gasteiger partial charge on any atom is 0.183 e. The van der Waals surface area contributed by atoms with Gasteiger partial charge in [0, 0.05) is 15.5 Å². The minimum Gasteiger partial charge on any atom is -0.299 e. The second kappa shape index (κ2) is 12.3. The molecule has 0 atom stereocenters. The highest BCUT2D eigenvalue weighted by Crippen LogP contribution is 2.43. The van der Waals surface area contributed by atoms with Gasteiger partial charge in [0.05, 0.1) is 10.1 Å². The summed E-state index contributed by atoms with van der Waals surface area (Å²) in [6, 6.07) is 75.7. The van der Waals surface area contributed by atoms with E-state index in [0.29, 0.717) is 0 Å². The highest BCUT2D eigenvalue weighted by molar-refractivity contribution is 8.01. The number of benzene rings is 7. The van der Waals surface area contributed by atoms with Gasteiger partial charge in [0.15, 0.2) is 16.1 Å². The van der Waals surface area contributed by atoms with Crippen molar-refractivity contribution in [2.75, 3.05) is 0 Å². The van der Waals surface area contributed by atoms with Crippen LogP contribution in [0.25, 0.3) is 5.69 Å². The van der Waals surface area contributed by atoms with Crippen LogP contribution in [0.15, 0.2) is 220 Å².